The van der Waals surface area contributed by atoms with Gasteiger partial charge in [-0.1, -0.05) is 29.3 Å². The predicted octanol–water partition coefficient (Wildman–Crippen LogP) is 3.21. The van der Waals surface area contributed by atoms with E-state index in [-0.39, 0.29) is 0 Å². The summed E-state index contributed by atoms with van der Waals surface area (Å²) in [6.45, 7) is 1.57. The fourth-order valence-corrected chi connectivity index (χ4v) is 1.58. The number of halogens is 2. The van der Waals surface area contributed by atoms with Gasteiger partial charge in [0, 0.05) is 5.56 Å². The van der Waals surface area contributed by atoms with Gasteiger partial charge in [0.25, 0.3) is 0 Å². The summed E-state index contributed by atoms with van der Waals surface area (Å²) in [6.07, 6.45) is 1.53. The third-order valence-electron chi connectivity index (χ3n) is 2.25. The predicted molar refractivity (Wildman–Crippen MR) is 71.4 cm³/mol. The maximum absolute atomic E-state index is 10.8. The van der Waals surface area contributed by atoms with Gasteiger partial charge in [-0.25, -0.2) is 0 Å². The molecule has 0 aromatic heterocycles. The molecule has 0 radical (unpaired) electrons. The van der Waals surface area contributed by atoms with Crippen LogP contribution < -0.4 is 5.48 Å². The average molecular weight is 290 g/mol. The van der Waals surface area contributed by atoms with Crippen LogP contribution in [0.1, 0.15) is 12.5 Å². The van der Waals surface area contributed by atoms with E-state index in [4.69, 9.17) is 33.1 Å². The lowest BCUT2D eigenvalue weighted by atomic mass is 10.1. The van der Waals surface area contributed by atoms with Crippen molar-refractivity contribution in [2.24, 2.45) is 5.92 Å². The molecule has 0 fully saturated rings. The lowest BCUT2D eigenvalue weighted by Gasteiger charge is -2.11. The molecule has 0 amide bonds. The van der Waals surface area contributed by atoms with Gasteiger partial charge in [-0.15, -0.1) is 0 Å². The van der Waals surface area contributed by atoms with Crippen molar-refractivity contribution >= 4 is 34.9 Å². The van der Waals surface area contributed by atoms with Crippen LogP contribution in [0.15, 0.2) is 24.3 Å². The highest BCUT2D eigenvalue weighted by Crippen LogP contribution is 2.25. The summed E-state index contributed by atoms with van der Waals surface area (Å²) >= 11 is 11.7. The molecule has 0 aliphatic rings. The van der Waals surface area contributed by atoms with Gasteiger partial charge in [0.2, 0.25) is 0 Å². The molecule has 1 aromatic rings. The molecule has 0 aliphatic carbocycles. The molecule has 18 heavy (non-hydrogen) atoms. The fourth-order valence-electron chi connectivity index (χ4n) is 1.28. The summed E-state index contributed by atoms with van der Waals surface area (Å²) < 4.78 is 0. The molecular weight excluding hydrogens is 277 g/mol. The summed E-state index contributed by atoms with van der Waals surface area (Å²) in [7, 11) is 1.44. The molecule has 4 nitrogen and oxygen atoms in total. The highest BCUT2D eigenvalue weighted by atomic mass is 35.5. The minimum atomic E-state index is -0.925. The second-order valence-electron chi connectivity index (χ2n) is 3.64. The first-order valence-electron chi connectivity index (χ1n) is 5.14. The van der Waals surface area contributed by atoms with Crippen LogP contribution >= 0.6 is 23.2 Å². The quantitative estimate of drug-likeness (QED) is 0.818. The smallest absolute Gasteiger partial charge is 0.310 e. The topological polar surface area (TPSA) is 58.6 Å². The van der Waals surface area contributed by atoms with E-state index in [2.05, 4.69) is 5.48 Å². The molecule has 2 N–H and O–H groups in total. The normalized spacial score (nSPS) is 13.2. The molecule has 6 heteroatoms. The summed E-state index contributed by atoms with van der Waals surface area (Å²) in [5.74, 6) is -1.58. The van der Waals surface area contributed by atoms with Crippen molar-refractivity contribution < 1.29 is 14.7 Å². The number of hydrogen-bond donors (Lipinski definition) is 2. The van der Waals surface area contributed by atoms with E-state index in [1.54, 1.807) is 25.1 Å². The largest absolute Gasteiger partial charge is 0.481 e. The van der Waals surface area contributed by atoms with Gasteiger partial charge in [0.15, 0.2) is 0 Å². The van der Waals surface area contributed by atoms with Crippen molar-refractivity contribution in [2.75, 3.05) is 7.11 Å². The van der Waals surface area contributed by atoms with Gasteiger partial charge in [0.05, 0.1) is 28.8 Å². The molecule has 98 valence electrons. The van der Waals surface area contributed by atoms with Crippen LogP contribution in [0.2, 0.25) is 10.0 Å². The Morgan fingerprint density at radius 1 is 1.44 bits per heavy atom. The van der Waals surface area contributed by atoms with Crippen molar-refractivity contribution in [3.8, 4) is 0 Å². The number of nitrogens with one attached hydrogen (secondary N) is 1. The molecule has 0 bridgehead atoms. The van der Waals surface area contributed by atoms with Crippen LogP contribution in [-0.2, 0) is 9.63 Å². The Kier molecular flexibility index (Phi) is 5.47. The lowest BCUT2D eigenvalue weighted by Crippen LogP contribution is -2.14. The summed E-state index contributed by atoms with van der Waals surface area (Å²) in [6, 6.07) is 4.99. The highest BCUT2D eigenvalue weighted by Gasteiger charge is 2.11. The Balaban J connectivity index is 3.11. The molecule has 0 heterocycles. The van der Waals surface area contributed by atoms with E-state index in [9.17, 15) is 4.79 Å². The Labute approximate surface area is 115 Å². The van der Waals surface area contributed by atoms with E-state index in [1.807, 2.05) is 0 Å². The number of rotatable bonds is 5. The molecule has 1 rings (SSSR count). The zero-order valence-corrected chi connectivity index (χ0v) is 11.4. The molecular formula is C12H13Cl2NO3. The third kappa shape index (κ3) is 3.91. The molecule has 0 spiro atoms. The van der Waals surface area contributed by atoms with Crippen LogP contribution in [0.3, 0.4) is 0 Å². The number of hydrogen-bond acceptors (Lipinski definition) is 3. The molecule has 0 saturated carbocycles. The van der Waals surface area contributed by atoms with Gasteiger partial charge in [-0.2, -0.15) is 0 Å². The highest BCUT2D eigenvalue weighted by molar-refractivity contribution is 6.42. The summed E-state index contributed by atoms with van der Waals surface area (Å²) in [5.41, 5.74) is 3.84. The first-order valence-corrected chi connectivity index (χ1v) is 5.90. The van der Waals surface area contributed by atoms with Gasteiger partial charge in [-0.05, 0) is 25.1 Å². The first-order chi connectivity index (χ1) is 8.45. The number of hydroxylamine groups is 1. The van der Waals surface area contributed by atoms with Gasteiger partial charge in [-0.3, -0.25) is 15.1 Å². The number of benzene rings is 1. The van der Waals surface area contributed by atoms with Crippen molar-refractivity contribution in [1.29, 1.82) is 0 Å². The molecule has 1 aromatic carbocycles. The maximum atomic E-state index is 10.8. The maximum Gasteiger partial charge on any atom is 0.310 e. The Bertz CT molecular complexity index is 474. The van der Waals surface area contributed by atoms with E-state index >= 15 is 0 Å². The Hall–Kier alpha value is -1.23. The number of carbonyl (C=O) groups is 1. The standard InChI is InChI=1S/C12H13Cl2NO3/c1-7(12(16)17)5-11(15-18-2)8-3-4-9(13)10(14)6-8/h3-7,15H,1-2H3,(H,16,17). The second-order valence-corrected chi connectivity index (χ2v) is 4.46. The van der Waals surface area contributed by atoms with Crippen LogP contribution in [-0.4, -0.2) is 18.2 Å². The van der Waals surface area contributed by atoms with Crippen molar-refractivity contribution in [1.82, 2.24) is 5.48 Å². The molecule has 0 aliphatic heterocycles. The van der Waals surface area contributed by atoms with Crippen molar-refractivity contribution in [3.05, 3.63) is 39.9 Å². The lowest BCUT2D eigenvalue weighted by molar-refractivity contribution is -0.139. The molecule has 0 saturated heterocycles. The van der Waals surface area contributed by atoms with Crippen LogP contribution in [0.5, 0.6) is 0 Å². The second kappa shape index (κ2) is 6.64. The number of carboxylic acid groups (broad SMARTS) is 1. The van der Waals surface area contributed by atoms with Gasteiger partial charge < -0.3 is 5.11 Å². The molecule has 1 atom stereocenters. The zero-order valence-electron chi connectivity index (χ0n) is 9.91. The summed E-state index contributed by atoms with van der Waals surface area (Å²) in [5, 5.41) is 9.71. The Morgan fingerprint density at radius 2 is 2.11 bits per heavy atom. The van der Waals surface area contributed by atoms with E-state index in [0.717, 1.165) is 0 Å². The fraction of sp³-hybridized carbons (Fsp3) is 0.250. The zero-order chi connectivity index (χ0) is 13.7. The van der Waals surface area contributed by atoms with E-state index in [0.29, 0.717) is 21.3 Å². The molecule has 1 unspecified atom stereocenters. The minimum Gasteiger partial charge on any atom is -0.481 e. The van der Waals surface area contributed by atoms with Gasteiger partial charge >= 0.3 is 5.97 Å². The van der Waals surface area contributed by atoms with E-state index in [1.165, 1.54) is 13.2 Å². The van der Waals surface area contributed by atoms with E-state index < -0.39 is 11.9 Å². The van der Waals surface area contributed by atoms with Crippen LogP contribution in [0, 0.1) is 5.92 Å². The number of aliphatic carboxylic acids is 1. The Morgan fingerprint density at radius 3 is 2.61 bits per heavy atom. The monoisotopic (exact) mass is 289 g/mol. The first kappa shape index (κ1) is 14.8. The van der Waals surface area contributed by atoms with Crippen LogP contribution in [0.25, 0.3) is 5.70 Å². The minimum absolute atomic E-state index is 0.390. The summed E-state index contributed by atoms with van der Waals surface area (Å²) in [4.78, 5) is 15.7. The average Bonchev–Trinajstić information content (AvgIpc) is 2.32. The number of carboxylic acids is 1. The van der Waals surface area contributed by atoms with Gasteiger partial charge in [0.1, 0.15) is 0 Å². The SMILES string of the molecule is CONC(=CC(C)C(=O)O)c1ccc(Cl)c(Cl)c1. The van der Waals surface area contributed by atoms with Crippen molar-refractivity contribution in [3.63, 3.8) is 0 Å². The third-order valence-corrected chi connectivity index (χ3v) is 2.99. The van der Waals surface area contributed by atoms with Crippen molar-refractivity contribution in [2.45, 2.75) is 6.92 Å². The van der Waals surface area contributed by atoms with Crippen LogP contribution in [0.4, 0.5) is 0 Å².